The molecule has 2 rings (SSSR count). The van der Waals surface area contributed by atoms with Crippen LogP contribution >= 0.6 is 0 Å². The van der Waals surface area contributed by atoms with Gasteiger partial charge < -0.3 is 19.4 Å². The Hall–Kier alpha value is -1.89. The van der Waals surface area contributed by atoms with E-state index in [-0.39, 0.29) is 18.4 Å². The zero-order chi connectivity index (χ0) is 16.1. The second-order valence-electron chi connectivity index (χ2n) is 5.66. The smallest absolute Gasteiger partial charge is 0.251 e. The lowest BCUT2D eigenvalue weighted by Gasteiger charge is -2.25. The van der Waals surface area contributed by atoms with Crippen molar-refractivity contribution >= 4 is 11.8 Å². The summed E-state index contributed by atoms with van der Waals surface area (Å²) in [5, 5.41) is 13.6. The minimum absolute atomic E-state index is 0.000861. The molecule has 1 N–H and O–H groups in total. The first-order valence-corrected chi connectivity index (χ1v) is 7.65. The molecule has 1 saturated heterocycles. The third-order valence-corrected chi connectivity index (χ3v) is 3.98. The van der Waals surface area contributed by atoms with Crippen molar-refractivity contribution in [2.24, 2.45) is 0 Å². The Morgan fingerprint density at radius 3 is 3.05 bits per heavy atom. The van der Waals surface area contributed by atoms with Crippen LogP contribution in [0.1, 0.15) is 37.4 Å². The molecule has 7 nitrogen and oxygen atoms in total. The van der Waals surface area contributed by atoms with Gasteiger partial charge in [-0.3, -0.25) is 9.59 Å². The van der Waals surface area contributed by atoms with Crippen molar-refractivity contribution in [1.29, 1.82) is 0 Å². The molecule has 22 heavy (non-hydrogen) atoms. The van der Waals surface area contributed by atoms with E-state index in [1.54, 1.807) is 18.2 Å². The van der Waals surface area contributed by atoms with Gasteiger partial charge in [0, 0.05) is 19.2 Å². The summed E-state index contributed by atoms with van der Waals surface area (Å²) in [5.74, 6) is -0.510. The minimum Gasteiger partial charge on any atom is -0.383 e. The fourth-order valence-electron chi connectivity index (χ4n) is 2.57. The highest BCUT2D eigenvalue weighted by Gasteiger charge is 2.27. The van der Waals surface area contributed by atoms with Crippen molar-refractivity contribution < 1.29 is 19.2 Å². The maximum atomic E-state index is 12.3. The lowest BCUT2D eigenvalue weighted by Crippen LogP contribution is -2.44. The molecule has 2 heterocycles. The molecule has 0 radical (unpaired) electrons. The average Bonchev–Trinajstić information content (AvgIpc) is 2.89. The molecule has 0 saturated carbocycles. The Labute approximate surface area is 129 Å². The van der Waals surface area contributed by atoms with Gasteiger partial charge in [-0.15, -0.1) is 0 Å². The van der Waals surface area contributed by atoms with Crippen LogP contribution in [-0.4, -0.2) is 58.1 Å². The number of hydrogen-bond acceptors (Lipinski definition) is 5. The fourth-order valence-corrected chi connectivity index (χ4v) is 2.57. The molecule has 1 aromatic rings. The second kappa shape index (κ2) is 7.40. The number of likely N-dealkylation sites (tertiary alicyclic amines) is 1. The predicted octanol–water partition coefficient (Wildman–Crippen LogP) is 0.569. The number of nitrogens with zero attached hydrogens (tertiary/aromatic N) is 3. The maximum Gasteiger partial charge on any atom is 0.251 e. The molecule has 0 spiro atoms. The number of aromatic nitrogens is 1. The Morgan fingerprint density at radius 1 is 1.55 bits per heavy atom. The van der Waals surface area contributed by atoms with Crippen LogP contribution in [0.4, 0.5) is 0 Å². The molecule has 122 valence electrons. The number of likely N-dealkylation sites (N-methyl/N-ethyl adjacent to an activating group) is 1. The topological polar surface area (TPSA) is 86.9 Å². The molecule has 1 atom stereocenters. The summed E-state index contributed by atoms with van der Waals surface area (Å²) in [6.07, 6.45) is 3.39. The van der Waals surface area contributed by atoms with Gasteiger partial charge in [-0.1, -0.05) is 12.1 Å². The molecule has 0 aromatic carbocycles. The number of carbonyl (C=O) groups excluding carboxylic acids is 2. The minimum atomic E-state index is -0.981. The molecule has 1 aliphatic heterocycles. The van der Waals surface area contributed by atoms with Crippen LogP contribution in [0.3, 0.4) is 0 Å². The third-order valence-electron chi connectivity index (χ3n) is 3.98. The monoisotopic (exact) mass is 309 g/mol. The fraction of sp³-hybridized carbons (Fsp3) is 0.667. The van der Waals surface area contributed by atoms with Gasteiger partial charge in [0.1, 0.15) is 12.4 Å². The van der Waals surface area contributed by atoms with Crippen LogP contribution in [0.5, 0.6) is 0 Å². The van der Waals surface area contributed by atoms with E-state index in [1.807, 2.05) is 6.92 Å². The van der Waals surface area contributed by atoms with E-state index in [9.17, 15) is 14.7 Å². The van der Waals surface area contributed by atoms with Crippen molar-refractivity contribution in [3.05, 3.63) is 17.5 Å². The van der Waals surface area contributed by atoms with E-state index < -0.39 is 6.10 Å². The second-order valence-corrected chi connectivity index (χ2v) is 5.66. The number of aryl methyl sites for hydroxylation is 1. The number of amides is 2. The molecular formula is C15H23N3O4. The lowest BCUT2D eigenvalue weighted by molar-refractivity contribution is -0.145. The van der Waals surface area contributed by atoms with Gasteiger partial charge in [0.05, 0.1) is 18.8 Å². The van der Waals surface area contributed by atoms with Crippen LogP contribution < -0.4 is 0 Å². The van der Waals surface area contributed by atoms with Crippen molar-refractivity contribution in [3.8, 4) is 0 Å². The highest BCUT2D eigenvalue weighted by Crippen LogP contribution is 2.13. The van der Waals surface area contributed by atoms with Gasteiger partial charge in [-0.2, -0.15) is 0 Å². The third kappa shape index (κ3) is 3.85. The zero-order valence-electron chi connectivity index (χ0n) is 13.1. The summed E-state index contributed by atoms with van der Waals surface area (Å²) < 4.78 is 4.93. The Balaban J connectivity index is 1.94. The highest BCUT2D eigenvalue weighted by atomic mass is 16.5. The normalized spacial score (nSPS) is 19.1. The summed E-state index contributed by atoms with van der Waals surface area (Å²) in [7, 11) is 1.69. The van der Waals surface area contributed by atoms with E-state index >= 15 is 0 Å². The van der Waals surface area contributed by atoms with Crippen molar-refractivity contribution in [2.45, 2.75) is 45.3 Å². The van der Waals surface area contributed by atoms with Crippen LogP contribution in [-0.2, 0) is 22.6 Å². The largest absolute Gasteiger partial charge is 0.383 e. The van der Waals surface area contributed by atoms with Gasteiger partial charge in [0.25, 0.3) is 5.91 Å². The molecule has 1 aromatic heterocycles. The standard InChI is InChI=1S/C15H23N3O4/c1-3-12-11(10-22-16-12)8-17(2)14(20)9-18-7-5-4-6-13(19)15(18)21/h10,13,19H,3-9H2,1-2H3. The number of hydrogen-bond donors (Lipinski definition) is 1. The zero-order valence-corrected chi connectivity index (χ0v) is 13.1. The lowest BCUT2D eigenvalue weighted by atomic mass is 10.2. The summed E-state index contributed by atoms with van der Waals surface area (Å²) >= 11 is 0. The van der Waals surface area contributed by atoms with Crippen molar-refractivity contribution in [1.82, 2.24) is 15.0 Å². The van der Waals surface area contributed by atoms with Crippen LogP contribution in [0, 0.1) is 0 Å². The molecule has 1 fully saturated rings. The van der Waals surface area contributed by atoms with E-state index in [0.717, 1.165) is 30.5 Å². The van der Waals surface area contributed by atoms with Gasteiger partial charge in [0.2, 0.25) is 5.91 Å². The molecule has 1 unspecified atom stereocenters. The van der Waals surface area contributed by atoms with Crippen LogP contribution in [0.2, 0.25) is 0 Å². The number of carbonyl (C=O) groups is 2. The molecule has 0 bridgehead atoms. The summed E-state index contributed by atoms with van der Waals surface area (Å²) in [5.41, 5.74) is 1.71. The molecule has 2 amide bonds. The molecule has 0 aliphatic carbocycles. The van der Waals surface area contributed by atoms with Crippen molar-refractivity contribution in [3.63, 3.8) is 0 Å². The summed E-state index contributed by atoms with van der Waals surface area (Å²) in [6, 6.07) is 0. The quantitative estimate of drug-likeness (QED) is 0.859. The molecular weight excluding hydrogens is 286 g/mol. The number of aliphatic hydroxyl groups excluding tert-OH is 1. The highest BCUT2D eigenvalue weighted by molar-refractivity contribution is 5.87. The average molecular weight is 309 g/mol. The van der Waals surface area contributed by atoms with E-state index in [0.29, 0.717) is 19.5 Å². The number of rotatable bonds is 5. The van der Waals surface area contributed by atoms with Crippen LogP contribution in [0.15, 0.2) is 10.8 Å². The molecule has 7 heteroatoms. The first-order valence-electron chi connectivity index (χ1n) is 7.65. The van der Waals surface area contributed by atoms with Crippen LogP contribution in [0.25, 0.3) is 0 Å². The van der Waals surface area contributed by atoms with Gasteiger partial charge in [-0.05, 0) is 25.7 Å². The van der Waals surface area contributed by atoms with Gasteiger partial charge in [0.15, 0.2) is 0 Å². The van der Waals surface area contributed by atoms with Gasteiger partial charge >= 0.3 is 0 Å². The van der Waals surface area contributed by atoms with E-state index in [1.165, 1.54) is 4.90 Å². The number of aliphatic hydroxyl groups is 1. The first-order chi connectivity index (χ1) is 10.5. The predicted molar refractivity (Wildman–Crippen MR) is 78.8 cm³/mol. The Kier molecular flexibility index (Phi) is 5.54. The summed E-state index contributed by atoms with van der Waals surface area (Å²) in [4.78, 5) is 27.3. The Bertz CT molecular complexity index is 529. The van der Waals surface area contributed by atoms with E-state index in [2.05, 4.69) is 5.16 Å². The van der Waals surface area contributed by atoms with Gasteiger partial charge in [-0.25, -0.2) is 0 Å². The Morgan fingerprint density at radius 2 is 2.32 bits per heavy atom. The molecule has 1 aliphatic rings. The van der Waals surface area contributed by atoms with E-state index in [4.69, 9.17) is 4.52 Å². The summed E-state index contributed by atoms with van der Waals surface area (Å²) in [6.45, 7) is 2.89. The SMILES string of the molecule is CCc1nocc1CN(C)C(=O)CN1CCCCC(O)C1=O. The van der Waals surface area contributed by atoms with Crippen molar-refractivity contribution in [2.75, 3.05) is 20.1 Å². The maximum absolute atomic E-state index is 12.3. The first kappa shape index (κ1) is 16.5.